The lowest BCUT2D eigenvalue weighted by Gasteiger charge is -2.05. The summed E-state index contributed by atoms with van der Waals surface area (Å²) in [6, 6.07) is 1.01. The van der Waals surface area contributed by atoms with E-state index in [0.717, 1.165) is 12.3 Å². The van der Waals surface area contributed by atoms with Crippen molar-refractivity contribution in [2.24, 2.45) is 5.73 Å². The number of hydrogen-bond donors (Lipinski definition) is 2. The molecule has 0 aromatic carbocycles. The van der Waals surface area contributed by atoms with Crippen molar-refractivity contribution in [1.82, 2.24) is 4.72 Å². The summed E-state index contributed by atoms with van der Waals surface area (Å²) in [5.41, 5.74) is 5.55. The van der Waals surface area contributed by atoms with Crippen molar-refractivity contribution in [3.63, 3.8) is 0 Å². The summed E-state index contributed by atoms with van der Waals surface area (Å²) in [4.78, 5) is 11.1. The average molecular weight is 276 g/mol. The number of furan rings is 1. The number of esters is 1. The van der Waals surface area contributed by atoms with Gasteiger partial charge in [0.25, 0.3) is 10.0 Å². The van der Waals surface area contributed by atoms with Gasteiger partial charge in [-0.25, -0.2) is 17.9 Å². The molecule has 102 valence electrons. The molecule has 1 heterocycles. The molecule has 1 aromatic heterocycles. The van der Waals surface area contributed by atoms with Crippen LogP contribution in [0.15, 0.2) is 21.8 Å². The van der Waals surface area contributed by atoms with Crippen LogP contribution in [-0.2, 0) is 14.8 Å². The smallest absolute Gasteiger partial charge is 0.341 e. The number of nitrogens with two attached hydrogens (primary N) is 1. The maximum Gasteiger partial charge on any atom is 0.341 e. The first-order chi connectivity index (χ1) is 8.36. The summed E-state index contributed by atoms with van der Waals surface area (Å²) >= 11 is 0. The number of sulfonamides is 1. The van der Waals surface area contributed by atoms with Gasteiger partial charge in [0.05, 0.1) is 12.7 Å². The van der Waals surface area contributed by atoms with Crippen molar-refractivity contribution in [2.45, 2.75) is 24.5 Å². The molecule has 8 heteroatoms. The predicted octanol–water partition coefficient (Wildman–Crippen LogP) is 0.0818. The van der Waals surface area contributed by atoms with Crippen LogP contribution in [0.2, 0.25) is 0 Å². The van der Waals surface area contributed by atoms with Gasteiger partial charge in [-0.3, -0.25) is 0 Å². The Hall–Kier alpha value is -1.38. The number of methoxy groups -OCH3 is 1. The number of carbonyl (C=O) groups excluding carboxylic acids is 1. The Morgan fingerprint density at radius 3 is 2.83 bits per heavy atom. The first-order valence-corrected chi connectivity index (χ1v) is 6.77. The van der Waals surface area contributed by atoms with E-state index in [9.17, 15) is 13.2 Å². The molecule has 0 radical (unpaired) electrons. The molecule has 0 saturated heterocycles. The van der Waals surface area contributed by atoms with Crippen LogP contribution in [0.5, 0.6) is 0 Å². The second-order valence-electron chi connectivity index (χ2n) is 3.81. The third-order valence-electron chi connectivity index (χ3n) is 2.15. The number of rotatable bonds is 6. The fraction of sp³-hybridized carbons (Fsp3) is 0.500. The van der Waals surface area contributed by atoms with Gasteiger partial charge in [-0.15, -0.1) is 0 Å². The van der Waals surface area contributed by atoms with Gasteiger partial charge in [0.2, 0.25) is 5.09 Å². The van der Waals surface area contributed by atoms with Crippen molar-refractivity contribution in [2.75, 3.05) is 13.7 Å². The van der Waals surface area contributed by atoms with Gasteiger partial charge in [0.1, 0.15) is 6.26 Å². The summed E-state index contributed by atoms with van der Waals surface area (Å²) in [6.07, 6.45) is 1.54. The maximum absolute atomic E-state index is 11.7. The molecule has 0 aliphatic heterocycles. The second kappa shape index (κ2) is 5.98. The summed E-state index contributed by atoms with van der Waals surface area (Å²) in [5, 5.41) is -0.326. The zero-order chi connectivity index (χ0) is 13.8. The molecule has 0 fully saturated rings. The predicted molar refractivity (Wildman–Crippen MR) is 63.5 cm³/mol. The third-order valence-corrected chi connectivity index (χ3v) is 3.48. The fourth-order valence-corrected chi connectivity index (χ4v) is 2.16. The minimum absolute atomic E-state index is 0.0464. The zero-order valence-corrected chi connectivity index (χ0v) is 11.0. The Morgan fingerprint density at radius 1 is 1.61 bits per heavy atom. The number of carbonyl (C=O) groups is 1. The molecule has 1 unspecified atom stereocenters. The average Bonchev–Trinajstić information content (AvgIpc) is 2.77. The molecule has 0 bridgehead atoms. The van der Waals surface area contributed by atoms with E-state index >= 15 is 0 Å². The topological polar surface area (TPSA) is 112 Å². The molecular weight excluding hydrogens is 260 g/mol. The first-order valence-electron chi connectivity index (χ1n) is 5.29. The Bertz CT molecular complexity index is 506. The van der Waals surface area contributed by atoms with Crippen molar-refractivity contribution < 1.29 is 22.4 Å². The molecule has 18 heavy (non-hydrogen) atoms. The minimum Gasteiger partial charge on any atom is -0.465 e. The van der Waals surface area contributed by atoms with Gasteiger partial charge in [0, 0.05) is 18.7 Å². The van der Waals surface area contributed by atoms with Crippen LogP contribution < -0.4 is 10.5 Å². The van der Waals surface area contributed by atoms with E-state index in [1.54, 1.807) is 6.92 Å². The number of ether oxygens (including phenoxy) is 1. The monoisotopic (exact) mass is 276 g/mol. The van der Waals surface area contributed by atoms with Crippen LogP contribution in [0.25, 0.3) is 0 Å². The number of nitrogens with one attached hydrogen (secondary N) is 1. The van der Waals surface area contributed by atoms with E-state index in [0.29, 0.717) is 6.42 Å². The highest BCUT2D eigenvalue weighted by atomic mass is 32.2. The Balaban J connectivity index is 2.73. The Kier molecular flexibility index (Phi) is 4.88. The summed E-state index contributed by atoms with van der Waals surface area (Å²) in [5.74, 6) is -0.657. The van der Waals surface area contributed by atoms with Gasteiger partial charge < -0.3 is 14.9 Å². The molecule has 1 aromatic rings. The largest absolute Gasteiger partial charge is 0.465 e. The molecule has 1 atom stereocenters. The van der Waals surface area contributed by atoms with Crippen LogP contribution in [0.4, 0.5) is 0 Å². The molecule has 0 amide bonds. The molecule has 0 aliphatic rings. The van der Waals surface area contributed by atoms with Gasteiger partial charge >= 0.3 is 5.97 Å². The molecule has 0 spiro atoms. The van der Waals surface area contributed by atoms with E-state index < -0.39 is 16.0 Å². The number of hydrogen-bond acceptors (Lipinski definition) is 6. The van der Waals surface area contributed by atoms with Crippen LogP contribution in [0, 0.1) is 0 Å². The highest BCUT2D eigenvalue weighted by Gasteiger charge is 2.20. The molecule has 0 aliphatic carbocycles. The molecule has 1 rings (SSSR count). The van der Waals surface area contributed by atoms with Crippen LogP contribution in [-0.4, -0.2) is 34.1 Å². The van der Waals surface area contributed by atoms with E-state index in [1.165, 1.54) is 7.11 Å². The summed E-state index contributed by atoms with van der Waals surface area (Å²) in [6.45, 7) is 1.98. The second-order valence-corrected chi connectivity index (χ2v) is 5.51. The molecular formula is C10H16N2O5S. The van der Waals surface area contributed by atoms with E-state index in [4.69, 9.17) is 10.2 Å². The zero-order valence-electron chi connectivity index (χ0n) is 10.2. The lowest BCUT2D eigenvalue weighted by Crippen LogP contribution is -2.28. The van der Waals surface area contributed by atoms with Gasteiger partial charge in [-0.1, -0.05) is 0 Å². The van der Waals surface area contributed by atoms with Crippen LogP contribution in [0.1, 0.15) is 23.7 Å². The Morgan fingerprint density at radius 2 is 2.28 bits per heavy atom. The quantitative estimate of drug-likeness (QED) is 0.712. The molecule has 7 nitrogen and oxygen atoms in total. The first kappa shape index (κ1) is 14.7. The van der Waals surface area contributed by atoms with Gasteiger partial charge in [0.15, 0.2) is 0 Å². The summed E-state index contributed by atoms with van der Waals surface area (Å²) < 4.78 is 35.1. The van der Waals surface area contributed by atoms with E-state index in [1.807, 2.05) is 0 Å². The summed E-state index contributed by atoms with van der Waals surface area (Å²) in [7, 11) is -2.56. The van der Waals surface area contributed by atoms with Crippen molar-refractivity contribution in [3.8, 4) is 0 Å². The third kappa shape index (κ3) is 3.83. The highest BCUT2D eigenvalue weighted by Crippen LogP contribution is 2.14. The lowest BCUT2D eigenvalue weighted by atomic mass is 10.3. The Labute approximate surface area is 105 Å². The van der Waals surface area contributed by atoms with E-state index in [-0.39, 0.29) is 23.2 Å². The molecule has 3 N–H and O–H groups in total. The van der Waals surface area contributed by atoms with Crippen molar-refractivity contribution in [1.29, 1.82) is 0 Å². The SMILES string of the molecule is COC(=O)c1coc(S(=O)(=O)NCCC(C)N)c1. The van der Waals surface area contributed by atoms with Crippen molar-refractivity contribution in [3.05, 3.63) is 17.9 Å². The minimum atomic E-state index is -3.76. The normalized spacial score (nSPS) is 13.3. The standard InChI is InChI=1S/C10H16N2O5S/c1-7(11)3-4-12-18(14,15)9-5-8(6-17-9)10(13)16-2/h5-7,12H,3-4,11H2,1-2H3. The van der Waals surface area contributed by atoms with Crippen molar-refractivity contribution >= 4 is 16.0 Å². The highest BCUT2D eigenvalue weighted by molar-refractivity contribution is 7.89. The maximum atomic E-state index is 11.7. The lowest BCUT2D eigenvalue weighted by molar-refractivity contribution is 0.0600. The van der Waals surface area contributed by atoms with Gasteiger partial charge in [-0.05, 0) is 13.3 Å². The molecule has 0 saturated carbocycles. The van der Waals surface area contributed by atoms with Crippen LogP contribution in [0.3, 0.4) is 0 Å². The fourth-order valence-electron chi connectivity index (χ4n) is 1.17. The van der Waals surface area contributed by atoms with Gasteiger partial charge in [-0.2, -0.15) is 0 Å². The van der Waals surface area contributed by atoms with E-state index in [2.05, 4.69) is 9.46 Å². The van der Waals surface area contributed by atoms with Crippen LogP contribution >= 0.6 is 0 Å².